The Balaban J connectivity index is 1.31. The first-order valence-electron chi connectivity index (χ1n) is 19.4. The van der Waals surface area contributed by atoms with Gasteiger partial charge in [-0.05, 0) is 61.1 Å². The highest BCUT2D eigenvalue weighted by molar-refractivity contribution is 7.98. The van der Waals surface area contributed by atoms with Gasteiger partial charge in [0, 0.05) is 55.8 Å². The quantitative estimate of drug-likeness (QED) is 0.0600. The van der Waals surface area contributed by atoms with E-state index in [2.05, 4.69) is 31.2 Å². The van der Waals surface area contributed by atoms with Crippen molar-refractivity contribution in [1.29, 1.82) is 0 Å². The van der Waals surface area contributed by atoms with Crippen LogP contribution in [0.25, 0.3) is 10.9 Å². The van der Waals surface area contributed by atoms with Crippen LogP contribution in [0.15, 0.2) is 76.6 Å². The van der Waals surface area contributed by atoms with Crippen LogP contribution in [-0.4, -0.2) is 127 Å². The van der Waals surface area contributed by atoms with E-state index in [1.807, 2.05) is 18.2 Å². The van der Waals surface area contributed by atoms with Crippen molar-refractivity contribution >= 4 is 52.4 Å². The first kappa shape index (κ1) is 46.0. The molecule has 3 heterocycles. The van der Waals surface area contributed by atoms with Crippen molar-refractivity contribution in [2.24, 2.45) is 5.73 Å². The van der Waals surface area contributed by atoms with Crippen LogP contribution in [0.2, 0.25) is 0 Å². The van der Waals surface area contributed by atoms with Gasteiger partial charge in [0.25, 0.3) is 5.56 Å². The van der Waals surface area contributed by atoms with Gasteiger partial charge in [-0.25, -0.2) is 18.8 Å². The van der Waals surface area contributed by atoms with Gasteiger partial charge in [0.2, 0.25) is 17.7 Å². The molecule has 5 amide bonds. The van der Waals surface area contributed by atoms with Crippen molar-refractivity contribution in [3.8, 4) is 0 Å². The number of aliphatic carboxylic acids is 1. The van der Waals surface area contributed by atoms with Crippen molar-refractivity contribution in [3.05, 3.63) is 105 Å². The maximum atomic E-state index is 14.0. The Kier molecular flexibility index (Phi) is 15.8. The highest BCUT2D eigenvalue weighted by atomic mass is 32.2. The van der Waals surface area contributed by atoms with Crippen molar-refractivity contribution in [2.75, 3.05) is 25.6 Å². The third-order valence-corrected chi connectivity index (χ3v) is 11.1. The zero-order chi connectivity index (χ0) is 44.4. The summed E-state index contributed by atoms with van der Waals surface area (Å²) in [6, 6.07) is 6.54. The van der Waals surface area contributed by atoms with Crippen molar-refractivity contribution in [2.45, 2.75) is 81.3 Å². The van der Waals surface area contributed by atoms with Crippen LogP contribution in [0.5, 0.6) is 0 Å². The van der Waals surface area contributed by atoms with E-state index in [1.165, 1.54) is 61.1 Å². The topological polar surface area (TPSA) is 283 Å². The molecule has 0 aliphatic carbocycles. The maximum absolute atomic E-state index is 14.0. The molecule has 2 aromatic heterocycles. The number of carbonyl (C=O) groups excluding carboxylic acids is 4. The van der Waals surface area contributed by atoms with Crippen LogP contribution >= 0.6 is 11.8 Å². The van der Waals surface area contributed by atoms with Crippen LogP contribution in [-0.2, 0) is 36.8 Å². The van der Waals surface area contributed by atoms with E-state index in [9.17, 15) is 48.2 Å². The van der Waals surface area contributed by atoms with Crippen LogP contribution < -0.4 is 38.2 Å². The number of nitrogens with zero attached hydrogens (tertiary/aromatic N) is 2. The molecule has 0 bridgehead atoms. The minimum Gasteiger partial charge on any atom is -0.480 e. The summed E-state index contributed by atoms with van der Waals surface area (Å²) in [5, 5.41) is 31.8. The summed E-state index contributed by atoms with van der Waals surface area (Å²) in [7, 11) is 1.39. The van der Waals surface area contributed by atoms with Gasteiger partial charge in [0.1, 0.15) is 30.0 Å². The van der Waals surface area contributed by atoms with Gasteiger partial charge in [0.15, 0.2) is 6.23 Å². The van der Waals surface area contributed by atoms with Crippen LogP contribution in [0, 0.1) is 5.82 Å². The zero-order valence-electron chi connectivity index (χ0n) is 33.6. The smallest absolute Gasteiger partial charge is 0.330 e. The largest absolute Gasteiger partial charge is 0.480 e. The summed E-state index contributed by atoms with van der Waals surface area (Å²) in [4.78, 5) is 97.6. The Morgan fingerprint density at radius 1 is 1.02 bits per heavy atom. The lowest BCUT2D eigenvalue weighted by molar-refractivity contribution is -0.139. The van der Waals surface area contributed by atoms with Crippen molar-refractivity contribution in [3.63, 3.8) is 0 Å². The lowest BCUT2D eigenvalue weighted by Crippen LogP contribution is -2.63. The summed E-state index contributed by atoms with van der Waals surface area (Å²) >= 11 is 1.38. The minimum atomic E-state index is -1.47. The fourth-order valence-corrected chi connectivity index (χ4v) is 7.42. The normalized spacial score (nSPS) is 18.6. The summed E-state index contributed by atoms with van der Waals surface area (Å²) < 4.78 is 20.4. The lowest BCUT2D eigenvalue weighted by atomic mass is 10.0. The second-order valence-electron chi connectivity index (χ2n) is 14.7. The number of carbonyl (C=O) groups is 5. The molecule has 4 aromatic rings. The number of benzene rings is 2. The fraction of sp³-hybridized carbons (Fsp3) is 0.425. The summed E-state index contributed by atoms with van der Waals surface area (Å²) in [6.45, 7) is 1.29. The molecule has 19 nitrogen and oxygen atoms in total. The number of urea groups is 1. The number of halogens is 1. The number of thioether (sulfide) groups is 1. The number of aliphatic hydroxyl groups is 1. The molecule has 0 radical (unpaired) electrons. The van der Waals surface area contributed by atoms with E-state index in [0.29, 0.717) is 16.9 Å². The molecule has 1 aliphatic rings. The van der Waals surface area contributed by atoms with E-state index < -0.39 is 95.4 Å². The number of fused-ring (bicyclic) bond motifs is 1. The minimum absolute atomic E-state index is 0.0207. The second-order valence-corrected chi connectivity index (χ2v) is 15.7. The summed E-state index contributed by atoms with van der Waals surface area (Å²) in [5.74, 6) is -3.61. The first-order valence-corrected chi connectivity index (χ1v) is 20.8. The number of aliphatic hydroxyl groups excluding tert-OH is 1. The number of amides is 5. The van der Waals surface area contributed by atoms with Gasteiger partial charge in [-0.2, -0.15) is 11.8 Å². The first-order chi connectivity index (χ1) is 29.1. The predicted octanol–water partition coefficient (Wildman–Crippen LogP) is -0.0599. The number of carboxylic acids is 1. The number of hydrogen-bond acceptors (Lipinski definition) is 11. The Bertz CT molecular complexity index is 2300. The Hall–Kier alpha value is -6.03. The molecule has 328 valence electrons. The molecule has 10 N–H and O–H groups in total. The maximum Gasteiger partial charge on any atom is 0.330 e. The van der Waals surface area contributed by atoms with E-state index in [-0.39, 0.29) is 32.2 Å². The van der Waals surface area contributed by atoms with Crippen molar-refractivity contribution < 1.29 is 43.3 Å². The summed E-state index contributed by atoms with van der Waals surface area (Å²) in [6.07, 6.45) is 1.43. The van der Waals surface area contributed by atoms with Crippen molar-refractivity contribution in [1.82, 2.24) is 40.7 Å². The standard InChI is InChI=1S/C40H50FN9O10S/c1-21(49(2)36(55)27(42)16-22-8-10-24(41)11-9-22)33(35(54)44-20-25-18-31(51)37(60-25)50-14-12-32(52)47-40(50)59)48-34(53)29(13-15-61-3)45-39(58)46-30(38(56)57)17-23-19-43-28-7-5-4-6-26(23)28/h4-12,14,19,21,25,27,29-31,33,37,43,51H,13,15-18,20,42H2,1-3H3,(H,44,54)(H,48,53)(H,56,57)(H2,45,46,58)(H,47,52,59)/t21-,25+,27-,29-,30-,31+,33?,37+/m0/s1. The molecule has 0 saturated carbocycles. The molecule has 1 saturated heterocycles. The molecular weight excluding hydrogens is 818 g/mol. The number of nitrogens with one attached hydrogen (secondary N) is 6. The molecule has 61 heavy (non-hydrogen) atoms. The number of H-pyrrole nitrogens is 2. The van der Waals surface area contributed by atoms with Crippen LogP contribution in [0.4, 0.5) is 9.18 Å². The number of nitrogens with two attached hydrogens (primary N) is 1. The molecule has 1 unspecified atom stereocenters. The van der Waals surface area contributed by atoms with E-state index in [0.717, 1.165) is 21.5 Å². The van der Waals surface area contributed by atoms with Gasteiger partial charge in [-0.1, -0.05) is 30.3 Å². The SMILES string of the molecule is CSCC[C@H](NC(=O)N[C@@H](Cc1c[nH]c2ccccc12)C(=O)O)C(=O)NC(C(=O)NC[C@H]1C[C@@H](O)[C@H](n2ccc(=O)[nH]c2=O)O1)[C@H](C)N(C)C(=O)[C@@H](N)Cc1ccc(F)cc1. The highest BCUT2D eigenvalue weighted by Crippen LogP contribution is 2.27. The molecule has 8 atom stereocenters. The number of hydrogen-bond donors (Lipinski definition) is 9. The van der Waals surface area contributed by atoms with E-state index in [1.54, 1.807) is 18.5 Å². The predicted molar refractivity (Wildman–Crippen MR) is 223 cm³/mol. The van der Waals surface area contributed by atoms with Gasteiger partial charge < -0.3 is 51.8 Å². The number of aromatic nitrogens is 3. The average molecular weight is 868 g/mol. The Morgan fingerprint density at radius 2 is 1.72 bits per heavy atom. The molecule has 5 rings (SSSR count). The van der Waals surface area contributed by atoms with Gasteiger partial charge in [-0.15, -0.1) is 0 Å². The zero-order valence-corrected chi connectivity index (χ0v) is 34.4. The number of carboxylic acid groups (broad SMARTS) is 1. The van der Waals surface area contributed by atoms with Gasteiger partial charge >= 0.3 is 17.7 Å². The molecule has 0 spiro atoms. The summed E-state index contributed by atoms with van der Waals surface area (Å²) in [5.41, 5.74) is 6.84. The lowest BCUT2D eigenvalue weighted by Gasteiger charge is -2.34. The van der Waals surface area contributed by atoms with E-state index in [4.69, 9.17) is 10.5 Å². The number of rotatable bonds is 19. The highest BCUT2D eigenvalue weighted by Gasteiger charge is 2.39. The Morgan fingerprint density at radius 3 is 2.41 bits per heavy atom. The molecule has 2 aromatic carbocycles. The number of aromatic amines is 2. The molecule has 1 aliphatic heterocycles. The monoisotopic (exact) mass is 867 g/mol. The van der Waals surface area contributed by atoms with Gasteiger partial charge in [-0.3, -0.25) is 28.7 Å². The molecular formula is C40H50FN9O10S. The van der Waals surface area contributed by atoms with E-state index >= 15 is 0 Å². The molecule has 1 fully saturated rings. The fourth-order valence-electron chi connectivity index (χ4n) is 6.95. The third kappa shape index (κ3) is 12.1. The average Bonchev–Trinajstić information content (AvgIpc) is 3.82. The molecule has 21 heteroatoms. The Labute approximate surface area is 353 Å². The van der Waals surface area contributed by atoms with Gasteiger partial charge in [0.05, 0.1) is 18.2 Å². The van der Waals surface area contributed by atoms with Crippen LogP contribution in [0.3, 0.4) is 0 Å². The second kappa shape index (κ2) is 21.0. The number of likely N-dealkylation sites (N-methyl/N-ethyl adjacent to an activating group) is 1. The number of para-hydroxylation sites is 1. The van der Waals surface area contributed by atoms with Crippen LogP contribution in [0.1, 0.15) is 37.1 Å². The number of ether oxygens (including phenoxy) is 1. The third-order valence-electron chi connectivity index (χ3n) is 10.4.